The van der Waals surface area contributed by atoms with E-state index >= 15 is 0 Å². The molecule has 118 valence electrons. The van der Waals surface area contributed by atoms with Crippen LogP contribution in [0.1, 0.15) is 10.4 Å². The highest BCUT2D eigenvalue weighted by Gasteiger charge is 2.52. The molecule has 0 spiro atoms. The molecule has 2 aliphatic rings. The van der Waals surface area contributed by atoms with Crippen LogP contribution in [0.4, 0.5) is 11.6 Å². The minimum absolute atomic E-state index is 0.227. The summed E-state index contributed by atoms with van der Waals surface area (Å²) >= 11 is 5.92. The van der Waals surface area contributed by atoms with Crippen LogP contribution in [0, 0.1) is 0 Å². The fourth-order valence-corrected chi connectivity index (χ4v) is 3.19. The van der Waals surface area contributed by atoms with E-state index in [0.29, 0.717) is 18.0 Å². The first kappa shape index (κ1) is 14.2. The van der Waals surface area contributed by atoms with Crippen LogP contribution in [-0.4, -0.2) is 46.3 Å². The molecule has 2 atom stereocenters. The third kappa shape index (κ3) is 2.29. The first-order valence-electron chi connectivity index (χ1n) is 7.22. The van der Waals surface area contributed by atoms with Gasteiger partial charge in [0.25, 0.3) is 5.91 Å². The zero-order valence-electron chi connectivity index (χ0n) is 12.1. The van der Waals surface area contributed by atoms with Crippen molar-refractivity contribution in [2.24, 2.45) is 0 Å². The van der Waals surface area contributed by atoms with Crippen LogP contribution in [0.25, 0.3) is 0 Å². The Balaban J connectivity index is 1.42. The number of nitrogens with zero attached hydrogens (tertiary/aromatic N) is 4. The topological polar surface area (TPSA) is 81.6 Å². The van der Waals surface area contributed by atoms with E-state index in [1.807, 2.05) is 24.3 Å². The third-order valence-corrected chi connectivity index (χ3v) is 4.68. The zero-order valence-corrected chi connectivity index (χ0v) is 12.8. The number of piperazine rings is 1. The molecule has 23 heavy (non-hydrogen) atoms. The van der Waals surface area contributed by atoms with Crippen LogP contribution in [-0.2, 0) is 0 Å². The van der Waals surface area contributed by atoms with Crippen molar-refractivity contribution < 1.29 is 10.0 Å². The predicted octanol–water partition coefficient (Wildman–Crippen LogP) is 1.33. The molecule has 2 fully saturated rings. The highest BCUT2D eigenvalue weighted by atomic mass is 35.5. The van der Waals surface area contributed by atoms with Gasteiger partial charge in [-0.25, -0.2) is 15.4 Å². The second-order valence-corrected chi connectivity index (χ2v) is 6.06. The van der Waals surface area contributed by atoms with E-state index < -0.39 is 5.91 Å². The number of aromatic nitrogens is 2. The lowest BCUT2D eigenvalue weighted by Crippen LogP contribution is -2.79. The Morgan fingerprint density at radius 2 is 1.74 bits per heavy atom. The minimum atomic E-state index is -0.615. The van der Waals surface area contributed by atoms with Gasteiger partial charge in [-0.2, -0.15) is 0 Å². The SMILES string of the molecule is O=C(NO)c1cnc(N2CC3[C@H]2CN3c2ccc(Cl)cc2)nc1. The molecule has 0 bridgehead atoms. The number of benzene rings is 1. The molecule has 2 aliphatic heterocycles. The average Bonchev–Trinajstić information content (AvgIpc) is 2.57. The summed E-state index contributed by atoms with van der Waals surface area (Å²) in [7, 11) is 0. The quantitative estimate of drug-likeness (QED) is 0.652. The summed E-state index contributed by atoms with van der Waals surface area (Å²) < 4.78 is 0. The second kappa shape index (κ2) is 5.36. The Kier molecular flexibility index (Phi) is 3.32. The van der Waals surface area contributed by atoms with Crippen LogP contribution in [0.15, 0.2) is 36.7 Å². The van der Waals surface area contributed by atoms with E-state index in [1.54, 1.807) is 5.48 Å². The molecule has 2 saturated heterocycles. The Morgan fingerprint density at radius 1 is 1.13 bits per heavy atom. The molecule has 8 heteroatoms. The maximum atomic E-state index is 11.3. The van der Waals surface area contributed by atoms with Crippen LogP contribution in [0.5, 0.6) is 0 Å². The molecule has 1 unspecified atom stereocenters. The lowest BCUT2D eigenvalue weighted by Gasteiger charge is -2.62. The zero-order chi connectivity index (χ0) is 16.0. The normalized spacial score (nSPS) is 22.0. The number of hydrogen-bond donors (Lipinski definition) is 2. The molecule has 4 rings (SSSR count). The molecule has 0 saturated carbocycles. The summed E-state index contributed by atoms with van der Waals surface area (Å²) in [5, 5.41) is 9.32. The second-order valence-electron chi connectivity index (χ2n) is 5.63. The van der Waals surface area contributed by atoms with Crippen molar-refractivity contribution in [1.29, 1.82) is 0 Å². The van der Waals surface area contributed by atoms with Gasteiger partial charge in [0.05, 0.1) is 17.6 Å². The van der Waals surface area contributed by atoms with Gasteiger partial charge in [-0.1, -0.05) is 11.6 Å². The van der Waals surface area contributed by atoms with Crippen molar-refractivity contribution in [2.45, 2.75) is 12.1 Å². The summed E-state index contributed by atoms with van der Waals surface area (Å²) in [5.74, 6) is -0.00732. The van der Waals surface area contributed by atoms with Gasteiger partial charge in [-0.3, -0.25) is 10.0 Å². The molecule has 2 aromatic rings. The predicted molar refractivity (Wildman–Crippen MR) is 85.0 cm³/mol. The highest BCUT2D eigenvalue weighted by Crippen LogP contribution is 2.39. The van der Waals surface area contributed by atoms with E-state index in [1.165, 1.54) is 18.1 Å². The minimum Gasteiger partial charge on any atom is -0.362 e. The highest BCUT2D eigenvalue weighted by molar-refractivity contribution is 6.30. The van der Waals surface area contributed by atoms with Crippen LogP contribution in [0.3, 0.4) is 0 Å². The van der Waals surface area contributed by atoms with Gasteiger partial charge in [0.15, 0.2) is 0 Å². The van der Waals surface area contributed by atoms with Crippen LogP contribution >= 0.6 is 11.6 Å². The summed E-state index contributed by atoms with van der Waals surface area (Å²) in [5.41, 5.74) is 2.96. The molecule has 1 aromatic carbocycles. The molecule has 0 radical (unpaired) electrons. The first-order valence-corrected chi connectivity index (χ1v) is 7.60. The van der Waals surface area contributed by atoms with Crippen LogP contribution < -0.4 is 15.3 Å². The molecule has 0 aliphatic carbocycles. The smallest absolute Gasteiger partial charge is 0.277 e. The molecule has 1 aromatic heterocycles. The lowest BCUT2D eigenvalue weighted by atomic mass is 9.85. The molecular formula is C15H14ClN5O2. The number of hydroxylamine groups is 1. The molecule has 1 amide bonds. The number of fused-ring (bicyclic) bond motifs is 1. The standard InChI is InChI=1S/C15H14ClN5O2/c16-10-1-3-11(4-2-10)20-7-13-12(20)8-21(13)15-17-5-9(6-18-15)14(22)19-23/h1-6,12-13,23H,7-8H2,(H,19,22)/t12?,13-/m1/s1. The van der Waals surface area contributed by atoms with Crippen molar-refractivity contribution in [3.05, 3.63) is 47.2 Å². The Morgan fingerprint density at radius 3 is 2.30 bits per heavy atom. The lowest BCUT2D eigenvalue weighted by molar-refractivity contribution is 0.0705. The van der Waals surface area contributed by atoms with Crippen molar-refractivity contribution in [3.63, 3.8) is 0 Å². The van der Waals surface area contributed by atoms with E-state index in [2.05, 4.69) is 19.8 Å². The van der Waals surface area contributed by atoms with Crippen molar-refractivity contribution in [3.8, 4) is 0 Å². The number of nitrogens with one attached hydrogen (secondary N) is 1. The number of amides is 1. The van der Waals surface area contributed by atoms with Gasteiger partial charge in [0.1, 0.15) is 0 Å². The van der Waals surface area contributed by atoms with Gasteiger partial charge >= 0.3 is 0 Å². The third-order valence-electron chi connectivity index (χ3n) is 4.43. The summed E-state index contributed by atoms with van der Waals surface area (Å²) in [4.78, 5) is 24.1. The Bertz CT molecular complexity index is 737. The number of hydrogen-bond acceptors (Lipinski definition) is 6. The number of rotatable bonds is 3. The van der Waals surface area contributed by atoms with E-state index in [-0.39, 0.29) is 5.56 Å². The molecule has 3 heterocycles. The van der Waals surface area contributed by atoms with Crippen molar-refractivity contribution >= 4 is 29.1 Å². The number of carbonyl (C=O) groups excluding carboxylic acids is 1. The Hall–Kier alpha value is -2.38. The number of halogens is 1. The van der Waals surface area contributed by atoms with Gasteiger partial charge in [-0.05, 0) is 24.3 Å². The molecular weight excluding hydrogens is 318 g/mol. The Labute approximate surface area is 137 Å². The largest absolute Gasteiger partial charge is 0.362 e. The fourth-order valence-electron chi connectivity index (χ4n) is 3.06. The molecule has 7 nitrogen and oxygen atoms in total. The monoisotopic (exact) mass is 331 g/mol. The van der Waals surface area contributed by atoms with Gasteiger partial charge < -0.3 is 9.80 Å². The van der Waals surface area contributed by atoms with Gasteiger partial charge in [0.2, 0.25) is 5.95 Å². The van der Waals surface area contributed by atoms with E-state index in [9.17, 15) is 4.79 Å². The number of carbonyl (C=O) groups is 1. The van der Waals surface area contributed by atoms with E-state index in [0.717, 1.165) is 18.1 Å². The summed E-state index contributed by atoms with van der Waals surface area (Å²) in [6.07, 6.45) is 2.83. The maximum Gasteiger partial charge on any atom is 0.277 e. The maximum absolute atomic E-state index is 11.3. The first-order chi connectivity index (χ1) is 11.2. The summed E-state index contributed by atoms with van der Waals surface area (Å²) in [6, 6.07) is 8.70. The summed E-state index contributed by atoms with van der Waals surface area (Å²) in [6.45, 7) is 1.76. The van der Waals surface area contributed by atoms with Gasteiger partial charge in [-0.15, -0.1) is 0 Å². The van der Waals surface area contributed by atoms with Crippen molar-refractivity contribution in [2.75, 3.05) is 22.9 Å². The van der Waals surface area contributed by atoms with Crippen LogP contribution in [0.2, 0.25) is 5.02 Å². The molecule has 2 N–H and O–H groups in total. The fraction of sp³-hybridized carbons (Fsp3) is 0.267. The van der Waals surface area contributed by atoms with E-state index in [4.69, 9.17) is 16.8 Å². The van der Waals surface area contributed by atoms with Crippen molar-refractivity contribution in [1.82, 2.24) is 15.4 Å². The number of anilines is 2. The average molecular weight is 332 g/mol. The van der Waals surface area contributed by atoms with Gasteiger partial charge in [0, 0.05) is 36.2 Å².